The van der Waals surface area contributed by atoms with Crippen LogP contribution in [0.4, 0.5) is 10.1 Å². The SMILES string of the molecule is CCOC(=O)C(F)N1C(=O)C(C)Oc2ccccc21. The van der Waals surface area contributed by atoms with E-state index in [9.17, 15) is 14.0 Å². The molecule has 0 aliphatic carbocycles. The van der Waals surface area contributed by atoms with E-state index in [0.717, 1.165) is 4.90 Å². The third-order valence-electron chi connectivity index (χ3n) is 2.72. The van der Waals surface area contributed by atoms with Gasteiger partial charge in [-0.25, -0.2) is 9.18 Å². The number of hydrogen-bond donors (Lipinski definition) is 0. The summed E-state index contributed by atoms with van der Waals surface area (Å²) in [5.41, 5.74) is 0.228. The van der Waals surface area contributed by atoms with Gasteiger partial charge in [0.25, 0.3) is 12.2 Å². The van der Waals surface area contributed by atoms with E-state index in [0.29, 0.717) is 5.75 Å². The van der Waals surface area contributed by atoms with Crippen LogP contribution in [0.2, 0.25) is 0 Å². The van der Waals surface area contributed by atoms with Gasteiger partial charge in [0, 0.05) is 0 Å². The van der Waals surface area contributed by atoms with E-state index in [-0.39, 0.29) is 12.3 Å². The third-order valence-corrected chi connectivity index (χ3v) is 2.72. The summed E-state index contributed by atoms with van der Waals surface area (Å²) in [5, 5.41) is 0. The van der Waals surface area contributed by atoms with E-state index in [4.69, 9.17) is 4.74 Å². The summed E-state index contributed by atoms with van der Waals surface area (Å²) in [4.78, 5) is 24.2. The van der Waals surface area contributed by atoms with E-state index >= 15 is 0 Å². The normalized spacial score (nSPS) is 19.4. The Morgan fingerprint density at radius 1 is 1.53 bits per heavy atom. The van der Waals surface area contributed by atoms with Gasteiger partial charge in [0.15, 0.2) is 6.10 Å². The molecule has 0 saturated heterocycles. The molecule has 6 heteroatoms. The number of rotatable bonds is 3. The fourth-order valence-corrected chi connectivity index (χ4v) is 1.86. The molecule has 1 amide bonds. The lowest BCUT2D eigenvalue weighted by Gasteiger charge is -2.33. The average Bonchev–Trinajstić information content (AvgIpc) is 2.40. The number of halogens is 1. The van der Waals surface area contributed by atoms with E-state index in [2.05, 4.69) is 4.74 Å². The number of benzene rings is 1. The quantitative estimate of drug-likeness (QED) is 0.617. The monoisotopic (exact) mass is 267 g/mol. The largest absolute Gasteiger partial charge is 0.479 e. The van der Waals surface area contributed by atoms with Gasteiger partial charge in [-0.3, -0.25) is 9.69 Å². The van der Waals surface area contributed by atoms with Gasteiger partial charge in [-0.05, 0) is 26.0 Å². The van der Waals surface area contributed by atoms with Crippen LogP contribution in [-0.4, -0.2) is 30.9 Å². The lowest BCUT2D eigenvalue weighted by molar-refractivity contribution is -0.151. The Morgan fingerprint density at radius 2 is 2.21 bits per heavy atom. The Kier molecular flexibility index (Phi) is 3.69. The minimum atomic E-state index is -2.17. The maximum Gasteiger partial charge on any atom is 0.362 e. The first-order valence-electron chi connectivity index (χ1n) is 5.95. The maximum absolute atomic E-state index is 14.1. The summed E-state index contributed by atoms with van der Waals surface area (Å²) in [5.74, 6) is -1.33. The number of carbonyl (C=O) groups excluding carboxylic acids is 2. The fraction of sp³-hybridized carbons (Fsp3) is 0.385. The van der Waals surface area contributed by atoms with Gasteiger partial charge in [0.1, 0.15) is 5.75 Å². The number of ether oxygens (including phenoxy) is 2. The summed E-state index contributed by atoms with van der Waals surface area (Å²) in [6.07, 6.45) is -3.01. The maximum atomic E-state index is 14.1. The molecule has 1 aliphatic rings. The molecule has 5 nitrogen and oxygen atoms in total. The predicted octanol–water partition coefficient (Wildman–Crippen LogP) is 1.66. The molecule has 19 heavy (non-hydrogen) atoms. The number of anilines is 1. The van der Waals surface area contributed by atoms with Gasteiger partial charge in [-0.1, -0.05) is 12.1 Å². The van der Waals surface area contributed by atoms with E-state index in [1.54, 1.807) is 25.1 Å². The molecule has 1 heterocycles. The van der Waals surface area contributed by atoms with Crippen molar-refractivity contribution < 1.29 is 23.5 Å². The summed E-state index contributed by atoms with van der Waals surface area (Å²) < 4.78 is 24.1. The Bertz CT molecular complexity index is 505. The molecule has 0 saturated carbocycles. The molecule has 0 radical (unpaired) electrons. The second-order valence-electron chi connectivity index (χ2n) is 4.02. The molecule has 1 aromatic carbocycles. The van der Waals surface area contributed by atoms with Gasteiger partial charge < -0.3 is 9.47 Å². The lowest BCUT2D eigenvalue weighted by Crippen LogP contribution is -2.51. The number of hydrogen-bond acceptors (Lipinski definition) is 4. The Morgan fingerprint density at radius 3 is 2.89 bits per heavy atom. The Hall–Kier alpha value is -2.11. The molecule has 2 rings (SSSR count). The van der Waals surface area contributed by atoms with Crippen LogP contribution < -0.4 is 9.64 Å². The van der Waals surface area contributed by atoms with Crippen molar-refractivity contribution in [2.75, 3.05) is 11.5 Å². The molecule has 0 aromatic heterocycles. The van der Waals surface area contributed by atoms with Crippen molar-refractivity contribution >= 4 is 17.6 Å². The minimum Gasteiger partial charge on any atom is -0.479 e. The van der Waals surface area contributed by atoms with Crippen molar-refractivity contribution in [2.24, 2.45) is 0 Å². The number of amides is 1. The molecule has 0 N–H and O–H groups in total. The van der Waals surface area contributed by atoms with Crippen molar-refractivity contribution in [1.82, 2.24) is 0 Å². The van der Waals surface area contributed by atoms with Crippen LogP contribution in [0.25, 0.3) is 0 Å². The van der Waals surface area contributed by atoms with Crippen LogP contribution in [0.1, 0.15) is 13.8 Å². The first kappa shape index (κ1) is 13.3. The molecule has 1 aromatic rings. The molecule has 1 aliphatic heterocycles. The van der Waals surface area contributed by atoms with Crippen LogP contribution in [-0.2, 0) is 14.3 Å². The zero-order valence-electron chi connectivity index (χ0n) is 10.6. The Balaban J connectivity index is 2.37. The van der Waals surface area contributed by atoms with E-state index in [1.165, 1.54) is 13.0 Å². The first-order chi connectivity index (χ1) is 9.06. The second kappa shape index (κ2) is 5.26. The number of esters is 1. The highest BCUT2D eigenvalue weighted by atomic mass is 19.1. The minimum absolute atomic E-state index is 0.0506. The van der Waals surface area contributed by atoms with Crippen LogP contribution in [0, 0.1) is 0 Å². The molecule has 2 atom stereocenters. The fourth-order valence-electron chi connectivity index (χ4n) is 1.86. The highest BCUT2D eigenvalue weighted by molar-refractivity contribution is 6.03. The molecular formula is C13H14FNO4. The first-order valence-corrected chi connectivity index (χ1v) is 5.95. The Labute approximate surface area is 109 Å². The van der Waals surface area contributed by atoms with Crippen LogP contribution in [0.15, 0.2) is 24.3 Å². The zero-order chi connectivity index (χ0) is 14.0. The zero-order valence-corrected chi connectivity index (χ0v) is 10.6. The van der Waals surface area contributed by atoms with Crippen LogP contribution in [0.3, 0.4) is 0 Å². The van der Waals surface area contributed by atoms with Crippen LogP contribution >= 0.6 is 0 Å². The number of fused-ring (bicyclic) bond motifs is 1. The highest BCUT2D eigenvalue weighted by Crippen LogP contribution is 2.35. The molecule has 2 unspecified atom stereocenters. The van der Waals surface area contributed by atoms with Gasteiger partial charge in [0.05, 0.1) is 12.3 Å². The van der Waals surface area contributed by atoms with Crippen LogP contribution in [0.5, 0.6) is 5.75 Å². The van der Waals surface area contributed by atoms with E-state index < -0.39 is 24.3 Å². The number of carbonyl (C=O) groups is 2. The van der Waals surface area contributed by atoms with Gasteiger partial charge >= 0.3 is 5.97 Å². The van der Waals surface area contributed by atoms with Crippen molar-refractivity contribution in [3.05, 3.63) is 24.3 Å². The van der Waals surface area contributed by atoms with Gasteiger partial charge in [0.2, 0.25) is 0 Å². The topological polar surface area (TPSA) is 55.8 Å². The highest BCUT2D eigenvalue weighted by Gasteiger charge is 2.40. The van der Waals surface area contributed by atoms with Crippen molar-refractivity contribution in [3.63, 3.8) is 0 Å². The summed E-state index contributed by atoms with van der Waals surface area (Å²) >= 11 is 0. The average molecular weight is 267 g/mol. The molecule has 102 valence electrons. The van der Waals surface area contributed by atoms with Crippen molar-refractivity contribution in [3.8, 4) is 5.75 Å². The smallest absolute Gasteiger partial charge is 0.362 e. The van der Waals surface area contributed by atoms with Gasteiger partial charge in [-0.15, -0.1) is 0 Å². The van der Waals surface area contributed by atoms with Gasteiger partial charge in [-0.2, -0.15) is 0 Å². The van der Waals surface area contributed by atoms with E-state index in [1.807, 2.05) is 0 Å². The standard InChI is InChI=1S/C13H14FNO4/c1-3-18-13(17)11(14)15-9-6-4-5-7-10(9)19-8(2)12(15)16/h4-8,11H,3H2,1-2H3. The lowest BCUT2D eigenvalue weighted by atomic mass is 10.2. The summed E-state index contributed by atoms with van der Waals surface area (Å²) in [6.45, 7) is 3.13. The third kappa shape index (κ3) is 2.38. The molecular weight excluding hydrogens is 253 g/mol. The second-order valence-corrected chi connectivity index (χ2v) is 4.02. The van der Waals surface area contributed by atoms with Crippen molar-refractivity contribution in [2.45, 2.75) is 26.2 Å². The number of para-hydroxylation sites is 2. The summed E-state index contributed by atoms with van der Waals surface area (Å²) in [7, 11) is 0. The molecule has 0 fully saturated rings. The molecule has 0 bridgehead atoms. The molecule has 0 spiro atoms. The number of nitrogens with zero attached hydrogens (tertiary/aromatic N) is 1. The number of alkyl halides is 1. The summed E-state index contributed by atoms with van der Waals surface area (Å²) in [6, 6.07) is 6.47. The van der Waals surface area contributed by atoms with Crippen molar-refractivity contribution in [1.29, 1.82) is 0 Å². The predicted molar refractivity (Wildman–Crippen MR) is 65.5 cm³/mol.